The number of para-hydroxylation sites is 1. The van der Waals surface area contributed by atoms with Crippen LogP contribution in [0.1, 0.15) is 27.3 Å². The lowest BCUT2D eigenvalue weighted by Gasteiger charge is -2.19. The van der Waals surface area contributed by atoms with Gasteiger partial charge in [-0.2, -0.15) is 5.10 Å². The van der Waals surface area contributed by atoms with Gasteiger partial charge >= 0.3 is 0 Å². The van der Waals surface area contributed by atoms with E-state index in [2.05, 4.69) is 10.5 Å². The fourth-order valence-electron chi connectivity index (χ4n) is 3.86. The summed E-state index contributed by atoms with van der Waals surface area (Å²) in [6, 6.07) is 24.0. The summed E-state index contributed by atoms with van der Waals surface area (Å²) in [5.74, 6) is -0.411. The number of carbonyl (C=O) groups excluding carboxylic acids is 1. The van der Waals surface area contributed by atoms with E-state index >= 15 is 0 Å². The van der Waals surface area contributed by atoms with Gasteiger partial charge in [0.05, 0.1) is 27.5 Å². The number of sulfonamides is 1. The predicted molar refractivity (Wildman–Crippen MR) is 144 cm³/mol. The summed E-state index contributed by atoms with van der Waals surface area (Å²) in [4.78, 5) is 12.8. The third kappa shape index (κ3) is 5.05. The number of anilines is 1. The lowest BCUT2D eigenvalue weighted by molar-refractivity contribution is 0.0955. The van der Waals surface area contributed by atoms with Crippen LogP contribution in [-0.2, 0) is 10.0 Å². The number of hydrogen-bond donors (Lipinski definition) is 1. The molecule has 4 aromatic rings. The molecule has 0 bridgehead atoms. The number of aryl methyl sites for hydroxylation is 1. The molecule has 0 fully saturated rings. The predicted octanol–water partition coefficient (Wildman–Crippen LogP) is 5.34. The van der Waals surface area contributed by atoms with E-state index in [1.54, 1.807) is 48.7 Å². The van der Waals surface area contributed by atoms with Crippen molar-refractivity contribution in [2.75, 3.05) is 11.4 Å². The molecule has 0 saturated heterocycles. The molecule has 0 spiro atoms. The molecule has 36 heavy (non-hydrogen) atoms. The zero-order valence-corrected chi connectivity index (χ0v) is 21.6. The number of nitrogens with one attached hydrogen (secondary N) is 1. The molecule has 0 aliphatic carbocycles. The summed E-state index contributed by atoms with van der Waals surface area (Å²) >= 11 is 6.36. The SMILES string of the molecule is Cc1cc(/C=N\NC(=O)c2ccc(N(C)S(=O)(=O)c3ccccc3)cc2)c(C)n1-c1ccccc1Cl. The summed E-state index contributed by atoms with van der Waals surface area (Å²) in [5, 5.41) is 4.75. The molecular formula is C27H25ClN4O3S. The first kappa shape index (κ1) is 25.2. The van der Waals surface area contributed by atoms with Gasteiger partial charge in [0, 0.05) is 29.6 Å². The number of halogens is 1. The monoisotopic (exact) mass is 520 g/mol. The Hall–Kier alpha value is -3.88. The van der Waals surface area contributed by atoms with Crippen LogP contribution in [-0.4, -0.2) is 32.2 Å². The van der Waals surface area contributed by atoms with E-state index in [-0.39, 0.29) is 4.90 Å². The van der Waals surface area contributed by atoms with Crippen molar-refractivity contribution in [2.45, 2.75) is 18.7 Å². The van der Waals surface area contributed by atoms with Crippen LogP contribution in [0.25, 0.3) is 5.69 Å². The molecule has 1 N–H and O–H groups in total. The maximum Gasteiger partial charge on any atom is 0.271 e. The highest BCUT2D eigenvalue weighted by molar-refractivity contribution is 7.92. The van der Waals surface area contributed by atoms with Crippen LogP contribution in [0, 0.1) is 13.8 Å². The van der Waals surface area contributed by atoms with Gasteiger partial charge in [0.1, 0.15) is 0 Å². The summed E-state index contributed by atoms with van der Waals surface area (Å²) in [6.45, 7) is 3.93. The average Bonchev–Trinajstić information content (AvgIpc) is 3.17. The lowest BCUT2D eigenvalue weighted by Crippen LogP contribution is -2.26. The molecule has 0 saturated carbocycles. The zero-order chi connectivity index (χ0) is 25.9. The van der Waals surface area contributed by atoms with Crippen LogP contribution in [0.5, 0.6) is 0 Å². The number of nitrogens with zero attached hydrogens (tertiary/aromatic N) is 3. The van der Waals surface area contributed by atoms with Gasteiger partial charge in [0.15, 0.2) is 0 Å². The first-order chi connectivity index (χ1) is 17.2. The van der Waals surface area contributed by atoms with E-state index in [0.29, 0.717) is 16.3 Å². The Labute approximate surface area is 215 Å². The minimum atomic E-state index is -3.70. The molecule has 4 rings (SSSR count). The largest absolute Gasteiger partial charge is 0.316 e. The molecule has 7 nitrogen and oxygen atoms in total. The van der Waals surface area contributed by atoms with E-state index in [4.69, 9.17) is 11.6 Å². The van der Waals surface area contributed by atoms with Crippen LogP contribution >= 0.6 is 11.6 Å². The third-order valence-corrected chi connectivity index (χ3v) is 7.95. The number of hydrogen-bond acceptors (Lipinski definition) is 4. The fourth-order valence-corrected chi connectivity index (χ4v) is 5.30. The maximum atomic E-state index is 12.8. The van der Waals surface area contributed by atoms with E-state index < -0.39 is 15.9 Å². The summed E-state index contributed by atoms with van der Waals surface area (Å²) in [5.41, 5.74) is 6.94. The molecule has 3 aromatic carbocycles. The molecule has 1 aromatic heterocycles. The molecule has 184 valence electrons. The average molecular weight is 521 g/mol. The van der Waals surface area contributed by atoms with Gasteiger partial charge < -0.3 is 4.57 Å². The normalized spacial score (nSPS) is 11.6. The van der Waals surface area contributed by atoms with Gasteiger partial charge in [-0.15, -0.1) is 0 Å². The highest BCUT2D eigenvalue weighted by Gasteiger charge is 2.21. The number of rotatable bonds is 7. The lowest BCUT2D eigenvalue weighted by atomic mass is 10.2. The third-order valence-electron chi connectivity index (χ3n) is 5.83. The molecule has 0 aliphatic rings. The first-order valence-electron chi connectivity index (χ1n) is 11.1. The van der Waals surface area contributed by atoms with Crippen molar-refractivity contribution in [2.24, 2.45) is 5.10 Å². The Bertz CT molecular complexity index is 1530. The van der Waals surface area contributed by atoms with Gasteiger partial charge in [-0.3, -0.25) is 9.10 Å². The molecular weight excluding hydrogens is 496 g/mol. The Morgan fingerprint density at radius 2 is 1.61 bits per heavy atom. The highest BCUT2D eigenvalue weighted by atomic mass is 35.5. The molecule has 1 amide bonds. The minimum absolute atomic E-state index is 0.192. The Kier molecular flexibility index (Phi) is 7.28. The summed E-state index contributed by atoms with van der Waals surface area (Å²) in [6.07, 6.45) is 1.59. The van der Waals surface area contributed by atoms with E-state index in [1.165, 1.54) is 23.5 Å². The van der Waals surface area contributed by atoms with E-state index in [9.17, 15) is 13.2 Å². The standard InChI is InChI=1S/C27H25ClN4O3S/c1-19-17-22(20(2)32(19)26-12-8-7-11-25(26)28)18-29-30-27(33)21-13-15-23(16-14-21)31(3)36(34,35)24-9-5-4-6-10-24/h4-18H,1-3H3,(H,30,33)/b29-18-. The number of aromatic nitrogens is 1. The van der Waals surface area contributed by atoms with Crippen LogP contribution in [0.2, 0.25) is 5.02 Å². The molecule has 9 heteroatoms. The topological polar surface area (TPSA) is 83.8 Å². The van der Waals surface area contributed by atoms with Crippen molar-refractivity contribution in [1.82, 2.24) is 9.99 Å². The van der Waals surface area contributed by atoms with Gasteiger partial charge in [-0.25, -0.2) is 13.8 Å². The Balaban J connectivity index is 1.45. The minimum Gasteiger partial charge on any atom is -0.316 e. The van der Waals surface area contributed by atoms with Gasteiger partial charge in [0.2, 0.25) is 0 Å². The van der Waals surface area contributed by atoms with Gasteiger partial charge in [0.25, 0.3) is 15.9 Å². The summed E-state index contributed by atoms with van der Waals surface area (Å²) in [7, 11) is -2.23. The van der Waals surface area contributed by atoms with Gasteiger partial charge in [-0.1, -0.05) is 41.9 Å². The molecule has 0 atom stereocenters. The smallest absolute Gasteiger partial charge is 0.271 e. The Morgan fingerprint density at radius 1 is 0.972 bits per heavy atom. The number of amides is 1. The number of benzene rings is 3. The fraction of sp³-hybridized carbons (Fsp3) is 0.111. The van der Waals surface area contributed by atoms with Gasteiger partial charge in [-0.05, 0) is 68.4 Å². The van der Waals surface area contributed by atoms with E-state index in [0.717, 1.165) is 22.6 Å². The second-order valence-electron chi connectivity index (χ2n) is 8.14. The second kappa shape index (κ2) is 10.4. The second-order valence-corrected chi connectivity index (χ2v) is 10.5. The molecule has 0 aliphatic heterocycles. The van der Waals surface area contributed by atoms with Crippen molar-refractivity contribution < 1.29 is 13.2 Å². The number of carbonyl (C=O) groups is 1. The zero-order valence-electron chi connectivity index (χ0n) is 20.0. The molecule has 1 heterocycles. The first-order valence-corrected chi connectivity index (χ1v) is 12.9. The van der Waals surface area contributed by atoms with Crippen molar-refractivity contribution in [3.05, 3.63) is 112 Å². The molecule has 0 radical (unpaired) electrons. The maximum absolute atomic E-state index is 12.8. The van der Waals surface area contributed by atoms with Crippen LogP contribution in [0.3, 0.4) is 0 Å². The van der Waals surface area contributed by atoms with Crippen LogP contribution in [0.4, 0.5) is 5.69 Å². The highest BCUT2D eigenvalue weighted by Crippen LogP contribution is 2.26. The molecule has 0 unspecified atom stereocenters. The van der Waals surface area contributed by atoms with E-state index in [1.807, 2.05) is 48.7 Å². The van der Waals surface area contributed by atoms with Crippen molar-refractivity contribution in [3.63, 3.8) is 0 Å². The van der Waals surface area contributed by atoms with Crippen molar-refractivity contribution in [3.8, 4) is 5.69 Å². The Morgan fingerprint density at radius 3 is 2.28 bits per heavy atom. The quantitative estimate of drug-likeness (QED) is 0.264. The van der Waals surface area contributed by atoms with Crippen molar-refractivity contribution >= 4 is 39.4 Å². The number of hydrazone groups is 1. The van der Waals surface area contributed by atoms with Crippen LogP contribution in [0.15, 0.2) is 94.9 Å². The van der Waals surface area contributed by atoms with Crippen molar-refractivity contribution in [1.29, 1.82) is 0 Å². The van der Waals surface area contributed by atoms with Crippen LogP contribution < -0.4 is 9.73 Å². The summed E-state index contributed by atoms with van der Waals surface area (Å²) < 4.78 is 28.8.